The summed E-state index contributed by atoms with van der Waals surface area (Å²) in [6, 6.07) is 23.0. The van der Waals surface area contributed by atoms with Gasteiger partial charge in [0, 0.05) is 51.8 Å². The molecule has 4 nitrogen and oxygen atoms in total. The summed E-state index contributed by atoms with van der Waals surface area (Å²) in [6.07, 6.45) is 3.14. The van der Waals surface area contributed by atoms with Gasteiger partial charge in [-0.25, -0.2) is 0 Å². The monoisotopic (exact) mass is 387 g/mol. The van der Waals surface area contributed by atoms with Crippen LogP contribution in [0.15, 0.2) is 66.9 Å². The van der Waals surface area contributed by atoms with Crippen LogP contribution in [-0.2, 0) is 24.4 Å². The molecule has 0 aliphatic rings. The largest absolute Gasteiger partial charge is 0.385 e. The van der Waals surface area contributed by atoms with Gasteiger partial charge in [-0.05, 0) is 54.3 Å². The van der Waals surface area contributed by atoms with E-state index in [0.717, 1.165) is 39.2 Å². The third-order valence-electron chi connectivity index (χ3n) is 5.20. The van der Waals surface area contributed by atoms with Crippen LogP contribution in [0.4, 0.5) is 0 Å². The number of nitriles is 1. The Bertz CT molecular complexity index is 954. The molecule has 0 atom stereocenters. The number of benzene rings is 2. The second-order valence-electron chi connectivity index (χ2n) is 7.42. The first kappa shape index (κ1) is 20.9. The second-order valence-corrected chi connectivity index (χ2v) is 7.42. The topological polar surface area (TPSA) is 41.2 Å². The minimum Gasteiger partial charge on any atom is -0.385 e. The minimum absolute atomic E-state index is 0.710. The van der Waals surface area contributed by atoms with Crippen molar-refractivity contribution in [3.05, 3.63) is 94.8 Å². The van der Waals surface area contributed by atoms with Crippen LogP contribution in [0.5, 0.6) is 0 Å². The molecule has 1 heterocycles. The molecule has 4 heteroatoms. The number of methoxy groups -OCH3 is 1. The van der Waals surface area contributed by atoms with Gasteiger partial charge in [0.2, 0.25) is 0 Å². The molecule has 0 amide bonds. The Balaban J connectivity index is 1.74. The fourth-order valence-electron chi connectivity index (χ4n) is 3.59. The molecular weight excluding hydrogens is 358 g/mol. The summed E-state index contributed by atoms with van der Waals surface area (Å²) in [5.74, 6) is 0. The molecule has 3 aromatic rings. The van der Waals surface area contributed by atoms with Crippen LogP contribution in [0.25, 0.3) is 0 Å². The van der Waals surface area contributed by atoms with Crippen LogP contribution < -0.4 is 0 Å². The maximum absolute atomic E-state index is 9.19. The zero-order chi connectivity index (χ0) is 20.5. The van der Waals surface area contributed by atoms with E-state index in [2.05, 4.69) is 71.1 Å². The molecule has 0 radical (unpaired) electrons. The highest BCUT2D eigenvalue weighted by Gasteiger charge is 2.11. The summed E-state index contributed by atoms with van der Waals surface area (Å²) < 4.78 is 7.59. The van der Waals surface area contributed by atoms with E-state index < -0.39 is 0 Å². The Labute approximate surface area is 174 Å². The third-order valence-corrected chi connectivity index (χ3v) is 5.20. The summed E-state index contributed by atoms with van der Waals surface area (Å²) in [5.41, 5.74) is 5.83. The molecule has 0 aliphatic heterocycles. The van der Waals surface area contributed by atoms with Gasteiger partial charge in [-0.2, -0.15) is 5.26 Å². The Hall–Kier alpha value is -2.87. The first-order valence-corrected chi connectivity index (χ1v) is 10.1. The van der Waals surface area contributed by atoms with Crippen molar-refractivity contribution >= 4 is 0 Å². The van der Waals surface area contributed by atoms with Crippen LogP contribution in [0.2, 0.25) is 0 Å². The summed E-state index contributed by atoms with van der Waals surface area (Å²) in [6.45, 7) is 6.41. The Morgan fingerprint density at radius 1 is 1.03 bits per heavy atom. The van der Waals surface area contributed by atoms with E-state index in [9.17, 15) is 5.26 Å². The predicted octanol–water partition coefficient (Wildman–Crippen LogP) is 4.76. The number of aryl methyl sites for hydroxylation is 1. The van der Waals surface area contributed by atoms with E-state index in [1.165, 1.54) is 22.4 Å². The number of aromatic nitrogens is 1. The van der Waals surface area contributed by atoms with Gasteiger partial charge < -0.3 is 9.30 Å². The smallest absolute Gasteiger partial charge is 0.0991 e. The molecule has 0 bridgehead atoms. The first-order valence-electron chi connectivity index (χ1n) is 10.1. The van der Waals surface area contributed by atoms with Crippen molar-refractivity contribution in [1.82, 2.24) is 9.47 Å². The van der Waals surface area contributed by atoms with Crippen molar-refractivity contribution in [2.24, 2.45) is 0 Å². The van der Waals surface area contributed by atoms with Gasteiger partial charge in [-0.15, -0.1) is 0 Å². The lowest BCUT2D eigenvalue weighted by molar-refractivity contribution is 0.165. The molecule has 2 aromatic carbocycles. The van der Waals surface area contributed by atoms with Gasteiger partial charge in [0.1, 0.15) is 0 Å². The SMILES string of the molecule is COCCCN(Cc1cccc(C#N)c1)Cc1cccn1Cc1ccccc1C. The van der Waals surface area contributed by atoms with Gasteiger partial charge in [0.05, 0.1) is 11.6 Å². The molecule has 3 rings (SSSR count). The van der Waals surface area contributed by atoms with Crippen LogP contribution in [0.3, 0.4) is 0 Å². The molecule has 0 aliphatic carbocycles. The van der Waals surface area contributed by atoms with Crippen molar-refractivity contribution < 1.29 is 4.74 Å². The van der Waals surface area contributed by atoms with Crippen molar-refractivity contribution in [2.45, 2.75) is 33.0 Å². The highest BCUT2D eigenvalue weighted by molar-refractivity contribution is 5.32. The Morgan fingerprint density at radius 2 is 1.90 bits per heavy atom. The lowest BCUT2D eigenvalue weighted by Gasteiger charge is -2.23. The van der Waals surface area contributed by atoms with Gasteiger partial charge in [-0.3, -0.25) is 4.90 Å². The average Bonchev–Trinajstić information content (AvgIpc) is 3.16. The zero-order valence-electron chi connectivity index (χ0n) is 17.3. The lowest BCUT2D eigenvalue weighted by Crippen LogP contribution is -2.26. The summed E-state index contributed by atoms with van der Waals surface area (Å²) in [7, 11) is 1.74. The van der Waals surface area contributed by atoms with Crippen LogP contribution in [0.1, 0.15) is 34.4 Å². The maximum atomic E-state index is 9.19. The highest BCUT2D eigenvalue weighted by Crippen LogP contribution is 2.16. The molecule has 150 valence electrons. The number of ether oxygens (including phenoxy) is 1. The zero-order valence-corrected chi connectivity index (χ0v) is 17.3. The number of hydrogen-bond acceptors (Lipinski definition) is 3. The van der Waals surface area contributed by atoms with E-state index in [0.29, 0.717) is 5.56 Å². The molecule has 0 spiro atoms. The van der Waals surface area contributed by atoms with E-state index in [1.807, 2.05) is 18.2 Å². The van der Waals surface area contributed by atoms with Gasteiger partial charge in [-0.1, -0.05) is 36.4 Å². The molecule has 0 saturated carbocycles. The maximum Gasteiger partial charge on any atom is 0.0991 e. The van der Waals surface area contributed by atoms with E-state index in [1.54, 1.807) is 7.11 Å². The van der Waals surface area contributed by atoms with E-state index >= 15 is 0 Å². The highest BCUT2D eigenvalue weighted by atomic mass is 16.5. The number of nitrogens with zero attached hydrogens (tertiary/aromatic N) is 3. The van der Waals surface area contributed by atoms with Crippen molar-refractivity contribution in [3.8, 4) is 6.07 Å². The lowest BCUT2D eigenvalue weighted by atomic mass is 10.1. The quantitative estimate of drug-likeness (QED) is 0.471. The van der Waals surface area contributed by atoms with Crippen LogP contribution in [0, 0.1) is 18.3 Å². The van der Waals surface area contributed by atoms with Crippen LogP contribution >= 0.6 is 0 Å². The van der Waals surface area contributed by atoms with E-state index in [-0.39, 0.29) is 0 Å². The summed E-state index contributed by atoms with van der Waals surface area (Å²) in [4.78, 5) is 2.43. The number of hydrogen-bond donors (Lipinski definition) is 0. The Morgan fingerprint density at radius 3 is 2.69 bits per heavy atom. The first-order chi connectivity index (χ1) is 14.2. The van der Waals surface area contributed by atoms with Gasteiger partial charge in [0.25, 0.3) is 0 Å². The Kier molecular flexibility index (Phi) is 7.63. The van der Waals surface area contributed by atoms with Gasteiger partial charge in [0.15, 0.2) is 0 Å². The molecular formula is C25H29N3O. The molecule has 1 aromatic heterocycles. The average molecular weight is 388 g/mol. The summed E-state index contributed by atoms with van der Waals surface area (Å²) in [5, 5.41) is 9.19. The molecule has 29 heavy (non-hydrogen) atoms. The molecule has 0 saturated heterocycles. The normalized spacial score (nSPS) is 11.0. The molecule has 0 unspecified atom stereocenters. The fraction of sp³-hybridized carbons (Fsp3) is 0.320. The van der Waals surface area contributed by atoms with Crippen LogP contribution in [-0.4, -0.2) is 29.7 Å². The fourth-order valence-corrected chi connectivity index (χ4v) is 3.59. The van der Waals surface area contributed by atoms with Crippen molar-refractivity contribution in [1.29, 1.82) is 5.26 Å². The standard InChI is InChI=1S/C25H29N3O/c1-21-8-3-4-11-24(21)19-28-14-6-12-25(28)20-27(13-7-15-29-2)18-23-10-5-9-22(16-23)17-26/h3-6,8-12,14,16H,7,13,15,18-20H2,1-2H3. The molecule has 0 fully saturated rings. The predicted molar refractivity (Wildman–Crippen MR) is 116 cm³/mol. The molecule has 0 N–H and O–H groups in total. The van der Waals surface area contributed by atoms with Gasteiger partial charge >= 0.3 is 0 Å². The van der Waals surface area contributed by atoms with Crippen molar-refractivity contribution in [2.75, 3.05) is 20.3 Å². The number of rotatable bonds is 10. The van der Waals surface area contributed by atoms with E-state index in [4.69, 9.17) is 4.74 Å². The third kappa shape index (κ3) is 6.05. The van der Waals surface area contributed by atoms with Crippen molar-refractivity contribution in [3.63, 3.8) is 0 Å². The minimum atomic E-state index is 0.710. The second kappa shape index (κ2) is 10.6. The summed E-state index contributed by atoms with van der Waals surface area (Å²) >= 11 is 0.